The first-order chi connectivity index (χ1) is 8.13. The van der Waals surface area contributed by atoms with E-state index in [1.807, 2.05) is 20.0 Å². The Bertz CT molecular complexity index is 486. The number of thiazole rings is 1. The van der Waals surface area contributed by atoms with Crippen LogP contribution in [0, 0.1) is 6.92 Å². The van der Waals surface area contributed by atoms with Crippen LogP contribution in [0.3, 0.4) is 0 Å². The summed E-state index contributed by atoms with van der Waals surface area (Å²) >= 11 is 1.64. The van der Waals surface area contributed by atoms with Gasteiger partial charge in [-0.1, -0.05) is 0 Å². The Morgan fingerprint density at radius 2 is 2.06 bits per heavy atom. The van der Waals surface area contributed by atoms with E-state index in [4.69, 9.17) is 0 Å². The number of nitrogens with one attached hydrogen (secondary N) is 1. The molecule has 1 heterocycles. The van der Waals surface area contributed by atoms with Crippen LogP contribution in [0.1, 0.15) is 43.6 Å². The molecule has 6 heteroatoms. The lowest BCUT2D eigenvalue weighted by Crippen LogP contribution is -2.35. The van der Waals surface area contributed by atoms with Crippen molar-refractivity contribution in [2.75, 3.05) is 12.3 Å². The van der Waals surface area contributed by atoms with Crippen molar-refractivity contribution in [3.8, 4) is 0 Å². The van der Waals surface area contributed by atoms with Crippen molar-refractivity contribution in [2.45, 2.75) is 45.4 Å². The first kappa shape index (κ1) is 15.6. The van der Waals surface area contributed by atoms with Gasteiger partial charge < -0.3 is 5.32 Å². The van der Waals surface area contributed by atoms with Crippen molar-refractivity contribution in [1.82, 2.24) is 10.3 Å². The van der Waals surface area contributed by atoms with Crippen molar-refractivity contribution >= 4 is 21.2 Å². The standard InChI is InChI=1S/C12H22N2O2S2/c1-9-8-14-11(17-9)10(2)13-6-7-18(15,16)12(3,4)5/h8,10,13H,6-7H2,1-5H3. The maximum absolute atomic E-state index is 11.9. The number of nitrogens with zero attached hydrogens (tertiary/aromatic N) is 1. The summed E-state index contributed by atoms with van der Waals surface area (Å²) in [5.74, 6) is 0.158. The van der Waals surface area contributed by atoms with Gasteiger partial charge in [0.25, 0.3) is 0 Å². The van der Waals surface area contributed by atoms with Gasteiger partial charge in [-0.25, -0.2) is 13.4 Å². The Kier molecular flexibility index (Phi) is 4.91. The third-order valence-electron chi connectivity index (χ3n) is 2.76. The first-order valence-corrected chi connectivity index (χ1v) is 8.48. The minimum absolute atomic E-state index is 0.0962. The van der Waals surface area contributed by atoms with Crippen LogP contribution in [0.5, 0.6) is 0 Å². The van der Waals surface area contributed by atoms with E-state index >= 15 is 0 Å². The lowest BCUT2D eigenvalue weighted by molar-refractivity contribution is 0.546. The lowest BCUT2D eigenvalue weighted by Gasteiger charge is -2.20. The van der Waals surface area contributed by atoms with Gasteiger partial charge in [-0.3, -0.25) is 0 Å². The molecule has 1 aromatic heterocycles. The van der Waals surface area contributed by atoms with Crippen LogP contribution in [0.4, 0.5) is 0 Å². The maximum Gasteiger partial charge on any atom is 0.156 e. The summed E-state index contributed by atoms with van der Waals surface area (Å²) in [7, 11) is -3.05. The molecular formula is C12H22N2O2S2. The van der Waals surface area contributed by atoms with Crippen LogP contribution in [-0.2, 0) is 9.84 Å². The average Bonchev–Trinajstić information content (AvgIpc) is 2.62. The fraction of sp³-hybridized carbons (Fsp3) is 0.750. The fourth-order valence-corrected chi connectivity index (χ4v) is 3.18. The quantitative estimate of drug-likeness (QED) is 0.904. The molecule has 4 nitrogen and oxygen atoms in total. The highest BCUT2D eigenvalue weighted by atomic mass is 32.2. The van der Waals surface area contributed by atoms with E-state index in [0.29, 0.717) is 6.54 Å². The van der Waals surface area contributed by atoms with Gasteiger partial charge in [0.1, 0.15) is 5.01 Å². The minimum atomic E-state index is -3.05. The van der Waals surface area contributed by atoms with Crippen LogP contribution in [0.2, 0.25) is 0 Å². The molecule has 1 unspecified atom stereocenters. The third kappa shape index (κ3) is 4.03. The van der Waals surface area contributed by atoms with E-state index in [2.05, 4.69) is 10.3 Å². The zero-order valence-electron chi connectivity index (χ0n) is 11.6. The molecule has 1 rings (SSSR count). The largest absolute Gasteiger partial charge is 0.307 e. The summed E-state index contributed by atoms with van der Waals surface area (Å²) in [6.07, 6.45) is 1.84. The average molecular weight is 290 g/mol. The first-order valence-electron chi connectivity index (χ1n) is 6.01. The zero-order valence-corrected chi connectivity index (χ0v) is 13.3. The van der Waals surface area contributed by atoms with Gasteiger partial charge in [0.15, 0.2) is 9.84 Å². The van der Waals surface area contributed by atoms with Gasteiger partial charge in [-0.15, -0.1) is 11.3 Å². The highest BCUT2D eigenvalue weighted by Gasteiger charge is 2.28. The number of hydrogen-bond donors (Lipinski definition) is 1. The monoisotopic (exact) mass is 290 g/mol. The molecule has 0 saturated heterocycles. The van der Waals surface area contributed by atoms with Crippen molar-refractivity contribution < 1.29 is 8.42 Å². The second-order valence-corrected chi connectivity index (χ2v) is 9.55. The van der Waals surface area contributed by atoms with Gasteiger partial charge >= 0.3 is 0 Å². The number of aryl methyl sites for hydroxylation is 1. The topological polar surface area (TPSA) is 59.1 Å². The molecule has 0 bridgehead atoms. The van der Waals surface area contributed by atoms with E-state index in [9.17, 15) is 8.42 Å². The number of hydrogen-bond acceptors (Lipinski definition) is 5. The van der Waals surface area contributed by atoms with Crippen molar-refractivity contribution in [3.63, 3.8) is 0 Å². The highest BCUT2D eigenvalue weighted by molar-refractivity contribution is 7.92. The smallest absolute Gasteiger partial charge is 0.156 e. The van der Waals surface area contributed by atoms with Crippen LogP contribution >= 0.6 is 11.3 Å². The molecule has 0 aliphatic rings. The molecule has 0 aromatic carbocycles. The normalized spacial score (nSPS) is 14.7. The van der Waals surface area contributed by atoms with E-state index in [1.165, 1.54) is 4.88 Å². The van der Waals surface area contributed by atoms with Gasteiger partial charge in [-0.2, -0.15) is 0 Å². The summed E-state index contributed by atoms with van der Waals surface area (Å²) in [5, 5.41) is 4.21. The Morgan fingerprint density at radius 1 is 1.44 bits per heavy atom. The Labute approximate surface area is 114 Å². The lowest BCUT2D eigenvalue weighted by atomic mass is 10.3. The summed E-state index contributed by atoms with van der Waals surface area (Å²) in [6.45, 7) is 9.67. The Balaban J connectivity index is 2.48. The number of rotatable bonds is 5. The fourth-order valence-electron chi connectivity index (χ4n) is 1.38. The van der Waals surface area contributed by atoms with Crippen molar-refractivity contribution in [1.29, 1.82) is 0 Å². The van der Waals surface area contributed by atoms with Crippen LogP contribution in [0.25, 0.3) is 0 Å². The summed E-state index contributed by atoms with van der Waals surface area (Å²) in [6, 6.07) is 0.0962. The highest BCUT2D eigenvalue weighted by Crippen LogP contribution is 2.19. The maximum atomic E-state index is 11.9. The number of sulfone groups is 1. The molecule has 0 aliphatic heterocycles. The SMILES string of the molecule is Cc1cnc(C(C)NCCS(=O)(=O)C(C)(C)C)s1. The predicted octanol–water partition coefficient (Wildman–Crippen LogP) is 2.32. The van der Waals surface area contributed by atoms with Crippen molar-refractivity contribution in [2.24, 2.45) is 0 Å². The molecule has 0 saturated carbocycles. The molecule has 0 aliphatic carbocycles. The van der Waals surface area contributed by atoms with Crippen molar-refractivity contribution in [3.05, 3.63) is 16.1 Å². The van der Waals surface area contributed by atoms with E-state index in [1.54, 1.807) is 32.1 Å². The van der Waals surface area contributed by atoms with Crippen LogP contribution in [0.15, 0.2) is 6.20 Å². The van der Waals surface area contributed by atoms with Gasteiger partial charge in [0, 0.05) is 17.6 Å². The zero-order chi connectivity index (χ0) is 14.0. The molecule has 0 amide bonds. The molecular weight excluding hydrogens is 268 g/mol. The molecule has 0 fully saturated rings. The molecule has 18 heavy (non-hydrogen) atoms. The van der Waals surface area contributed by atoms with Gasteiger partial charge in [0.2, 0.25) is 0 Å². The van der Waals surface area contributed by atoms with Crippen LogP contribution in [-0.4, -0.2) is 30.4 Å². The number of aromatic nitrogens is 1. The molecule has 0 spiro atoms. The van der Waals surface area contributed by atoms with E-state index in [-0.39, 0.29) is 11.8 Å². The Hall–Kier alpha value is -0.460. The molecule has 1 N–H and O–H groups in total. The molecule has 0 radical (unpaired) electrons. The van der Waals surface area contributed by atoms with E-state index < -0.39 is 14.6 Å². The van der Waals surface area contributed by atoms with E-state index in [0.717, 1.165) is 5.01 Å². The molecule has 104 valence electrons. The summed E-state index contributed by atoms with van der Waals surface area (Å²) in [5.41, 5.74) is 0. The minimum Gasteiger partial charge on any atom is -0.307 e. The second-order valence-electron chi connectivity index (χ2n) is 5.42. The predicted molar refractivity (Wildman–Crippen MR) is 76.8 cm³/mol. The summed E-state index contributed by atoms with van der Waals surface area (Å²) < 4.78 is 23.2. The summed E-state index contributed by atoms with van der Waals surface area (Å²) in [4.78, 5) is 5.45. The molecule has 1 atom stereocenters. The van der Waals surface area contributed by atoms with Gasteiger partial charge in [0.05, 0.1) is 16.5 Å². The molecule has 1 aromatic rings. The Morgan fingerprint density at radius 3 is 2.50 bits per heavy atom. The third-order valence-corrected chi connectivity index (χ3v) is 6.47. The second kappa shape index (κ2) is 5.67. The van der Waals surface area contributed by atoms with Gasteiger partial charge in [-0.05, 0) is 34.6 Å². The van der Waals surface area contributed by atoms with Crippen LogP contribution < -0.4 is 5.32 Å².